The highest BCUT2D eigenvalue weighted by atomic mass is 16.5. The maximum Gasteiger partial charge on any atom is 0.260 e. The molecule has 1 unspecified atom stereocenters. The smallest absolute Gasteiger partial charge is 0.260 e. The van der Waals surface area contributed by atoms with Crippen LogP contribution in [0, 0.1) is 0 Å². The lowest BCUT2D eigenvalue weighted by Gasteiger charge is -2.27. The molecule has 2 aromatic carbocycles. The molecule has 0 bridgehead atoms. The first kappa shape index (κ1) is 16.9. The Bertz CT molecular complexity index is 834. The minimum absolute atomic E-state index is 0.223. The molecule has 0 aliphatic heterocycles. The van der Waals surface area contributed by atoms with Crippen molar-refractivity contribution in [3.05, 3.63) is 78.4 Å². The summed E-state index contributed by atoms with van der Waals surface area (Å²) in [5.41, 5.74) is 1.46. The van der Waals surface area contributed by atoms with E-state index in [1.165, 1.54) is 13.4 Å². The summed E-state index contributed by atoms with van der Waals surface area (Å²) in [6, 6.07) is 17.1. The predicted octanol–water partition coefficient (Wildman–Crippen LogP) is 2.83. The van der Waals surface area contributed by atoms with Crippen molar-refractivity contribution < 1.29 is 9.53 Å². The number of nitrogens with zero attached hydrogens (tertiary/aromatic N) is 3. The number of nitrogens with one attached hydrogen (secondary N) is 1. The number of benzene rings is 2. The molecular weight excluding hydrogens is 316 g/mol. The van der Waals surface area contributed by atoms with E-state index in [2.05, 4.69) is 15.4 Å². The molecule has 1 amide bonds. The van der Waals surface area contributed by atoms with E-state index in [9.17, 15) is 4.79 Å². The van der Waals surface area contributed by atoms with Crippen molar-refractivity contribution >= 4 is 11.6 Å². The zero-order valence-corrected chi connectivity index (χ0v) is 14.2. The minimum atomic E-state index is -1.07. The van der Waals surface area contributed by atoms with Crippen molar-refractivity contribution in [3.8, 4) is 0 Å². The van der Waals surface area contributed by atoms with Gasteiger partial charge in [0.25, 0.3) is 5.91 Å². The molecule has 1 aromatic heterocycles. The SMILES string of the molecule is COC(C)(C(=O)Nc1cccc(Cn2cncn2)c1)c1ccccc1. The molecule has 1 heterocycles. The number of carbonyl (C=O) groups excluding carboxylic acids is 1. The molecule has 128 valence electrons. The minimum Gasteiger partial charge on any atom is -0.364 e. The number of ether oxygens (including phenoxy) is 1. The van der Waals surface area contributed by atoms with Gasteiger partial charge >= 0.3 is 0 Å². The van der Waals surface area contributed by atoms with Crippen molar-refractivity contribution in [2.45, 2.75) is 19.1 Å². The second-order valence-electron chi connectivity index (χ2n) is 5.85. The van der Waals surface area contributed by atoms with Gasteiger partial charge in [0.05, 0.1) is 6.54 Å². The molecule has 0 radical (unpaired) electrons. The summed E-state index contributed by atoms with van der Waals surface area (Å²) in [6.07, 6.45) is 3.15. The monoisotopic (exact) mass is 336 g/mol. The van der Waals surface area contributed by atoms with Gasteiger partial charge in [-0.3, -0.25) is 4.79 Å². The quantitative estimate of drug-likeness (QED) is 0.751. The van der Waals surface area contributed by atoms with E-state index in [4.69, 9.17) is 4.74 Å². The van der Waals surface area contributed by atoms with E-state index in [0.717, 1.165) is 11.1 Å². The lowest BCUT2D eigenvalue weighted by molar-refractivity contribution is -0.136. The lowest BCUT2D eigenvalue weighted by Crippen LogP contribution is -2.39. The molecule has 0 saturated heterocycles. The van der Waals surface area contributed by atoms with Gasteiger partial charge in [0.2, 0.25) is 0 Å². The summed E-state index contributed by atoms with van der Waals surface area (Å²) in [7, 11) is 1.54. The number of amides is 1. The van der Waals surface area contributed by atoms with Crippen molar-refractivity contribution in [2.24, 2.45) is 0 Å². The summed E-state index contributed by atoms with van der Waals surface area (Å²) in [5.74, 6) is -0.223. The van der Waals surface area contributed by atoms with Crippen LogP contribution >= 0.6 is 0 Å². The number of anilines is 1. The fourth-order valence-electron chi connectivity index (χ4n) is 2.60. The van der Waals surface area contributed by atoms with Crippen LogP contribution in [0.4, 0.5) is 5.69 Å². The highest BCUT2D eigenvalue weighted by Gasteiger charge is 2.35. The van der Waals surface area contributed by atoms with Gasteiger partial charge in [0.1, 0.15) is 12.7 Å². The van der Waals surface area contributed by atoms with Crippen LogP contribution < -0.4 is 5.32 Å². The van der Waals surface area contributed by atoms with Crippen molar-refractivity contribution in [1.82, 2.24) is 14.8 Å². The first-order valence-electron chi connectivity index (χ1n) is 7.95. The third kappa shape index (κ3) is 3.75. The van der Waals surface area contributed by atoms with Crippen LogP contribution in [0.2, 0.25) is 0 Å². The maximum absolute atomic E-state index is 12.8. The molecule has 1 atom stereocenters. The van der Waals surface area contributed by atoms with Gasteiger partial charge in [-0.2, -0.15) is 5.10 Å². The molecule has 0 spiro atoms. The van der Waals surface area contributed by atoms with Gasteiger partial charge in [-0.15, -0.1) is 0 Å². The third-order valence-corrected chi connectivity index (χ3v) is 4.16. The zero-order chi connectivity index (χ0) is 17.7. The second kappa shape index (κ2) is 7.27. The molecule has 3 aromatic rings. The summed E-state index contributed by atoms with van der Waals surface area (Å²) in [6.45, 7) is 2.35. The molecular formula is C19H20N4O2. The molecule has 6 nitrogen and oxygen atoms in total. The van der Waals surface area contributed by atoms with E-state index in [0.29, 0.717) is 12.2 Å². The summed E-state index contributed by atoms with van der Waals surface area (Å²) in [5, 5.41) is 7.04. The van der Waals surface area contributed by atoms with E-state index in [1.807, 2.05) is 54.6 Å². The molecule has 0 fully saturated rings. The van der Waals surface area contributed by atoms with Gasteiger partial charge < -0.3 is 10.1 Å². The Kier molecular flexibility index (Phi) is 4.90. The van der Waals surface area contributed by atoms with Gasteiger partial charge in [0, 0.05) is 12.8 Å². The fraction of sp³-hybridized carbons (Fsp3) is 0.211. The van der Waals surface area contributed by atoms with Crippen molar-refractivity contribution in [2.75, 3.05) is 12.4 Å². The second-order valence-corrected chi connectivity index (χ2v) is 5.85. The van der Waals surface area contributed by atoms with Crippen LogP contribution in [-0.2, 0) is 21.7 Å². The highest BCUT2D eigenvalue weighted by Crippen LogP contribution is 2.26. The largest absolute Gasteiger partial charge is 0.364 e. The Morgan fingerprint density at radius 3 is 2.68 bits per heavy atom. The molecule has 6 heteroatoms. The van der Waals surface area contributed by atoms with E-state index >= 15 is 0 Å². The van der Waals surface area contributed by atoms with E-state index in [1.54, 1.807) is 17.9 Å². The van der Waals surface area contributed by atoms with Gasteiger partial charge in [0.15, 0.2) is 5.60 Å². The van der Waals surface area contributed by atoms with Crippen LogP contribution in [0.15, 0.2) is 67.3 Å². The number of methoxy groups -OCH3 is 1. The number of carbonyl (C=O) groups is 1. The van der Waals surface area contributed by atoms with E-state index < -0.39 is 5.60 Å². The normalized spacial score (nSPS) is 13.2. The van der Waals surface area contributed by atoms with Crippen LogP contribution in [0.5, 0.6) is 0 Å². The van der Waals surface area contributed by atoms with E-state index in [-0.39, 0.29) is 5.91 Å². The first-order valence-corrected chi connectivity index (χ1v) is 7.95. The predicted molar refractivity (Wildman–Crippen MR) is 95.0 cm³/mol. The maximum atomic E-state index is 12.8. The average molecular weight is 336 g/mol. The third-order valence-electron chi connectivity index (χ3n) is 4.16. The molecule has 25 heavy (non-hydrogen) atoms. The Labute approximate surface area is 146 Å². The molecule has 0 aliphatic carbocycles. The van der Waals surface area contributed by atoms with Crippen LogP contribution in [-0.4, -0.2) is 27.8 Å². The molecule has 0 saturated carbocycles. The van der Waals surface area contributed by atoms with Gasteiger partial charge in [-0.05, 0) is 30.2 Å². The number of aromatic nitrogens is 3. The Balaban J connectivity index is 1.78. The fourth-order valence-corrected chi connectivity index (χ4v) is 2.60. The van der Waals surface area contributed by atoms with Crippen molar-refractivity contribution in [1.29, 1.82) is 0 Å². The van der Waals surface area contributed by atoms with Crippen LogP contribution in [0.1, 0.15) is 18.1 Å². The first-order chi connectivity index (χ1) is 12.1. The average Bonchev–Trinajstić information content (AvgIpc) is 3.15. The summed E-state index contributed by atoms with van der Waals surface area (Å²) >= 11 is 0. The van der Waals surface area contributed by atoms with Crippen LogP contribution in [0.25, 0.3) is 0 Å². The Morgan fingerprint density at radius 2 is 2.00 bits per heavy atom. The highest BCUT2D eigenvalue weighted by molar-refractivity contribution is 5.97. The molecule has 3 rings (SSSR count). The summed E-state index contributed by atoms with van der Waals surface area (Å²) in [4.78, 5) is 16.8. The Morgan fingerprint density at radius 1 is 1.20 bits per heavy atom. The lowest BCUT2D eigenvalue weighted by atomic mass is 9.94. The van der Waals surface area contributed by atoms with Crippen LogP contribution in [0.3, 0.4) is 0 Å². The molecule has 1 N–H and O–H groups in total. The zero-order valence-electron chi connectivity index (χ0n) is 14.2. The topological polar surface area (TPSA) is 69.0 Å². The number of rotatable bonds is 6. The molecule has 0 aliphatic rings. The number of hydrogen-bond donors (Lipinski definition) is 1. The van der Waals surface area contributed by atoms with Crippen molar-refractivity contribution in [3.63, 3.8) is 0 Å². The number of hydrogen-bond acceptors (Lipinski definition) is 4. The van der Waals surface area contributed by atoms with Gasteiger partial charge in [-0.1, -0.05) is 42.5 Å². The Hall–Kier alpha value is -2.99. The standard InChI is InChI=1S/C19H20N4O2/c1-19(25-2,16-8-4-3-5-9-16)18(24)22-17-10-6-7-15(11-17)12-23-14-20-13-21-23/h3-11,13-14H,12H2,1-2H3,(H,22,24). The summed E-state index contributed by atoms with van der Waals surface area (Å²) < 4.78 is 7.27. The van der Waals surface area contributed by atoms with Gasteiger partial charge in [-0.25, -0.2) is 9.67 Å².